The molecule has 0 amide bonds. The number of rotatable bonds is 4. The minimum Gasteiger partial charge on any atom is -0.309 e. The van der Waals surface area contributed by atoms with Crippen LogP contribution in [-0.4, -0.2) is 26.3 Å². The van der Waals surface area contributed by atoms with Crippen molar-refractivity contribution in [2.45, 2.75) is 18.0 Å². The van der Waals surface area contributed by atoms with E-state index in [1.165, 1.54) is 9.87 Å². The minimum atomic E-state index is -3.39. The number of hydrogen-bond acceptors (Lipinski definition) is 3. The molecule has 0 saturated heterocycles. The van der Waals surface area contributed by atoms with Crippen molar-refractivity contribution in [3.05, 3.63) is 42.0 Å². The fourth-order valence-electron chi connectivity index (χ4n) is 1.89. The third-order valence-corrected chi connectivity index (χ3v) is 4.72. The van der Waals surface area contributed by atoms with Crippen LogP contribution in [0.15, 0.2) is 35.7 Å². The summed E-state index contributed by atoms with van der Waals surface area (Å²) in [5.74, 6) is 0. The monoisotopic (exact) mass is 252 g/mol. The van der Waals surface area contributed by atoms with Crippen LogP contribution in [0.1, 0.15) is 11.1 Å². The van der Waals surface area contributed by atoms with E-state index in [9.17, 15) is 8.42 Å². The number of likely N-dealkylation sites (N-methyl/N-ethyl adjacent to an activating group) is 1. The zero-order chi connectivity index (χ0) is 12.5. The van der Waals surface area contributed by atoms with E-state index in [1.54, 1.807) is 25.3 Å². The molecule has 0 aliphatic carbocycles. The molecule has 0 atom stereocenters. The highest BCUT2D eigenvalue weighted by Crippen LogP contribution is 2.21. The van der Waals surface area contributed by atoms with Crippen molar-refractivity contribution in [3.8, 4) is 0 Å². The molecule has 1 aliphatic heterocycles. The minimum absolute atomic E-state index is 0.317. The molecule has 1 aromatic carbocycles. The van der Waals surface area contributed by atoms with Crippen LogP contribution in [0.4, 0.5) is 0 Å². The van der Waals surface area contributed by atoms with Crippen molar-refractivity contribution in [1.29, 1.82) is 0 Å². The number of nitrogens with one attached hydrogen (secondary N) is 1. The van der Waals surface area contributed by atoms with Gasteiger partial charge in [0.1, 0.15) is 0 Å². The fraction of sp³-hybridized carbons (Fsp3) is 0.333. The molecular weight excluding hydrogens is 236 g/mol. The molecular formula is C12H16N2O2S. The highest BCUT2D eigenvalue weighted by atomic mass is 32.2. The van der Waals surface area contributed by atoms with Crippen LogP contribution >= 0.6 is 0 Å². The van der Waals surface area contributed by atoms with Gasteiger partial charge in [0.05, 0.1) is 4.90 Å². The van der Waals surface area contributed by atoms with Gasteiger partial charge in [0.2, 0.25) is 10.0 Å². The Kier molecular flexibility index (Phi) is 3.33. The first kappa shape index (κ1) is 12.3. The van der Waals surface area contributed by atoms with Gasteiger partial charge >= 0.3 is 0 Å². The Morgan fingerprint density at radius 1 is 1.41 bits per heavy atom. The lowest BCUT2D eigenvalue weighted by atomic mass is 10.1. The number of hydrogen-bond donors (Lipinski definition) is 1. The summed E-state index contributed by atoms with van der Waals surface area (Å²) in [6.07, 6.45) is 1.58. The van der Waals surface area contributed by atoms with Crippen molar-refractivity contribution in [3.63, 3.8) is 0 Å². The van der Waals surface area contributed by atoms with E-state index >= 15 is 0 Å². The van der Waals surface area contributed by atoms with Gasteiger partial charge in [-0.2, -0.15) is 4.31 Å². The molecule has 0 aromatic heterocycles. The lowest BCUT2D eigenvalue weighted by molar-refractivity contribution is 0.499. The van der Waals surface area contributed by atoms with Crippen molar-refractivity contribution < 1.29 is 8.42 Å². The van der Waals surface area contributed by atoms with Gasteiger partial charge in [-0.3, -0.25) is 0 Å². The summed E-state index contributed by atoms with van der Waals surface area (Å²) in [4.78, 5) is 0.351. The maximum absolute atomic E-state index is 12.2. The molecule has 0 unspecified atom stereocenters. The van der Waals surface area contributed by atoms with Gasteiger partial charge in [-0.25, -0.2) is 8.42 Å². The molecule has 17 heavy (non-hydrogen) atoms. The summed E-state index contributed by atoms with van der Waals surface area (Å²) >= 11 is 0. The van der Waals surface area contributed by atoms with E-state index in [1.807, 2.05) is 6.07 Å². The lowest BCUT2D eigenvalue weighted by Gasteiger charge is -2.15. The van der Waals surface area contributed by atoms with Crippen LogP contribution < -0.4 is 5.32 Å². The van der Waals surface area contributed by atoms with Crippen LogP contribution in [0.5, 0.6) is 0 Å². The zero-order valence-electron chi connectivity index (χ0n) is 9.81. The quantitative estimate of drug-likeness (QED) is 0.816. The molecule has 1 heterocycles. The molecule has 5 heteroatoms. The first-order valence-electron chi connectivity index (χ1n) is 5.45. The maximum Gasteiger partial charge on any atom is 0.243 e. The summed E-state index contributed by atoms with van der Waals surface area (Å²) < 4.78 is 25.7. The summed E-state index contributed by atoms with van der Waals surface area (Å²) in [7, 11) is -1.83. The van der Waals surface area contributed by atoms with Crippen LogP contribution in [0.2, 0.25) is 0 Å². The number of nitrogens with zero attached hydrogens (tertiary/aromatic N) is 1. The Morgan fingerprint density at radius 3 is 2.82 bits per heavy atom. The molecule has 92 valence electrons. The Hall–Kier alpha value is -1.17. The molecule has 0 spiro atoms. The topological polar surface area (TPSA) is 49.4 Å². The molecule has 1 N–H and O–H groups in total. The van der Waals surface area contributed by atoms with E-state index in [0.717, 1.165) is 18.7 Å². The fourth-order valence-corrected chi connectivity index (χ4v) is 3.08. The van der Waals surface area contributed by atoms with Crippen molar-refractivity contribution in [2.75, 3.05) is 13.6 Å². The molecule has 0 bridgehead atoms. The molecule has 1 aromatic rings. The van der Waals surface area contributed by atoms with Gasteiger partial charge in [0, 0.05) is 26.7 Å². The number of sulfonamides is 1. The smallest absolute Gasteiger partial charge is 0.243 e. The molecule has 0 saturated carbocycles. The van der Waals surface area contributed by atoms with Gasteiger partial charge in [0.15, 0.2) is 0 Å². The van der Waals surface area contributed by atoms with Crippen LogP contribution in [0.25, 0.3) is 0 Å². The average molecular weight is 252 g/mol. The predicted molar refractivity (Wildman–Crippen MR) is 67.0 cm³/mol. The van der Waals surface area contributed by atoms with Gasteiger partial charge in [-0.15, -0.1) is 6.58 Å². The number of fused-ring (bicyclic) bond motifs is 1. The van der Waals surface area contributed by atoms with Crippen LogP contribution in [0, 0.1) is 0 Å². The van der Waals surface area contributed by atoms with Gasteiger partial charge < -0.3 is 5.32 Å². The highest BCUT2D eigenvalue weighted by molar-refractivity contribution is 7.89. The summed E-state index contributed by atoms with van der Waals surface area (Å²) in [6.45, 7) is 5.42. The SMILES string of the molecule is C=CCN(C)S(=O)(=O)c1ccc2c(c1)CNC2. The second kappa shape index (κ2) is 4.60. The Balaban J connectivity index is 2.37. The Morgan fingerprint density at radius 2 is 2.12 bits per heavy atom. The third-order valence-electron chi connectivity index (χ3n) is 2.90. The Labute approximate surface area is 102 Å². The van der Waals surface area contributed by atoms with Crippen LogP contribution in [-0.2, 0) is 23.1 Å². The van der Waals surface area contributed by atoms with Crippen molar-refractivity contribution >= 4 is 10.0 Å². The summed E-state index contributed by atoms with van der Waals surface area (Å²) in [6, 6.07) is 5.30. The zero-order valence-corrected chi connectivity index (χ0v) is 10.6. The van der Waals surface area contributed by atoms with Crippen molar-refractivity contribution in [2.24, 2.45) is 0 Å². The van der Waals surface area contributed by atoms with Gasteiger partial charge in [0.25, 0.3) is 0 Å². The summed E-state index contributed by atoms with van der Waals surface area (Å²) in [5, 5.41) is 3.20. The number of benzene rings is 1. The maximum atomic E-state index is 12.2. The largest absolute Gasteiger partial charge is 0.309 e. The molecule has 0 radical (unpaired) electrons. The average Bonchev–Trinajstić information content (AvgIpc) is 2.76. The van der Waals surface area contributed by atoms with Crippen LogP contribution in [0.3, 0.4) is 0 Å². The second-order valence-electron chi connectivity index (χ2n) is 4.11. The molecule has 1 aliphatic rings. The van der Waals surface area contributed by atoms with E-state index in [4.69, 9.17) is 0 Å². The first-order chi connectivity index (χ1) is 8.05. The first-order valence-corrected chi connectivity index (χ1v) is 6.89. The highest BCUT2D eigenvalue weighted by Gasteiger charge is 2.21. The van der Waals surface area contributed by atoms with E-state index < -0.39 is 10.0 Å². The van der Waals surface area contributed by atoms with E-state index in [0.29, 0.717) is 11.4 Å². The normalized spacial score (nSPS) is 14.9. The van der Waals surface area contributed by atoms with Crippen molar-refractivity contribution in [1.82, 2.24) is 9.62 Å². The Bertz CT molecular complexity index is 537. The van der Waals surface area contributed by atoms with E-state index in [2.05, 4.69) is 11.9 Å². The molecule has 0 fully saturated rings. The molecule has 2 rings (SSSR count). The third kappa shape index (κ3) is 2.26. The molecule has 4 nitrogen and oxygen atoms in total. The second-order valence-corrected chi connectivity index (χ2v) is 6.15. The standard InChI is InChI=1S/C12H16N2O2S/c1-3-6-14(2)17(15,16)12-5-4-10-8-13-9-11(10)7-12/h3-5,7,13H,1,6,8-9H2,2H3. The van der Waals surface area contributed by atoms with Gasteiger partial charge in [-0.1, -0.05) is 12.1 Å². The van der Waals surface area contributed by atoms with E-state index in [-0.39, 0.29) is 0 Å². The predicted octanol–water partition coefficient (Wildman–Crippen LogP) is 1.10. The lowest BCUT2D eigenvalue weighted by Crippen LogP contribution is -2.27. The van der Waals surface area contributed by atoms with Gasteiger partial charge in [-0.05, 0) is 23.3 Å². The summed E-state index contributed by atoms with van der Waals surface area (Å²) in [5.41, 5.74) is 2.24.